The summed E-state index contributed by atoms with van der Waals surface area (Å²) in [6, 6.07) is 9.01. The highest BCUT2D eigenvalue weighted by atomic mass is 79.9. The Bertz CT molecular complexity index is 561. The van der Waals surface area contributed by atoms with E-state index in [0.29, 0.717) is 0 Å². The highest BCUT2D eigenvalue weighted by Crippen LogP contribution is 2.30. The Kier molecular flexibility index (Phi) is 5.73. The van der Waals surface area contributed by atoms with Crippen molar-refractivity contribution in [2.24, 2.45) is 0 Å². The second-order valence-electron chi connectivity index (χ2n) is 4.08. The van der Waals surface area contributed by atoms with Crippen molar-refractivity contribution in [3.8, 4) is 0 Å². The predicted octanol–water partition coefficient (Wildman–Crippen LogP) is 6.42. The fourth-order valence-electron chi connectivity index (χ4n) is 2.10. The van der Waals surface area contributed by atoms with E-state index in [-0.39, 0.29) is 0 Å². The molecule has 0 fully saturated rings. The molecule has 0 nitrogen and oxygen atoms in total. The molecule has 0 bridgehead atoms. The molecule has 0 saturated carbocycles. The van der Waals surface area contributed by atoms with E-state index in [2.05, 4.69) is 88.0 Å². The lowest BCUT2D eigenvalue weighted by Crippen LogP contribution is -1.94. The van der Waals surface area contributed by atoms with E-state index in [1.165, 1.54) is 33.0 Å². The summed E-state index contributed by atoms with van der Waals surface area (Å²) in [5.41, 5.74) is 5.44. The molecule has 4 heteroatoms. The van der Waals surface area contributed by atoms with Gasteiger partial charge in [0, 0.05) is 21.3 Å². The zero-order chi connectivity index (χ0) is 13.1. The SMILES string of the molecule is BrCc1cc2ccc(CBr)c(CBr)c2cc1CBr. The Morgan fingerprint density at radius 2 is 1.28 bits per heavy atom. The summed E-state index contributed by atoms with van der Waals surface area (Å²) in [4.78, 5) is 0. The Morgan fingerprint density at radius 1 is 0.667 bits per heavy atom. The molecule has 0 aliphatic heterocycles. The monoisotopic (exact) mass is 496 g/mol. The number of fused-ring (bicyclic) bond motifs is 1. The minimum Gasteiger partial charge on any atom is -0.0876 e. The third-order valence-corrected chi connectivity index (χ3v) is 5.49. The van der Waals surface area contributed by atoms with Crippen LogP contribution in [-0.4, -0.2) is 0 Å². The molecule has 0 aliphatic carbocycles. The van der Waals surface area contributed by atoms with Gasteiger partial charge in [-0.15, -0.1) is 0 Å². The molecule has 0 N–H and O–H groups in total. The van der Waals surface area contributed by atoms with Gasteiger partial charge in [0.05, 0.1) is 0 Å². The summed E-state index contributed by atoms with van der Waals surface area (Å²) in [7, 11) is 0. The molecule has 96 valence electrons. The summed E-state index contributed by atoms with van der Waals surface area (Å²) < 4.78 is 0. The van der Waals surface area contributed by atoms with Crippen molar-refractivity contribution >= 4 is 74.5 Å². The molecule has 2 aromatic rings. The Labute approximate surface area is 141 Å². The van der Waals surface area contributed by atoms with Crippen LogP contribution in [0.15, 0.2) is 24.3 Å². The molecule has 0 heterocycles. The summed E-state index contributed by atoms with van der Waals surface area (Å²) in [6.07, 6.45) is 0. The first-order valence-electron chi connectivity index (χ1n) is 5.55. The highest BCUT2D eigenvalue weighted by Gasteiger charge is 2.09. The number of rotatable bonds is 4. The van der Waals surface area contributed by atoms with Crippen molar-refractivity contribution in [3.05, 3.63) is 46.5 Å². The second-order valence-corrected chi connectivity index (χ2v) is 6.32. The van der Waals surface area contributed by atoms with Gasteiger partial charge in [-0.3, -0.25) is 0 Å². The molecule has 2 rings (SSSR count). The number of benzene rings is 2. The molecule has 0 aliphatic rings. The Morgan fingerprint density at radius 3 is 1.83 bits per heavy atom. The van der Waals surface area contributed by atoms with Crippen LogP contribution in [0.3, 0.4) is 0 Å². The topological polar surface area (TPSA) is 0 Å². The van der Waals surface area contributed by atoms with Crippen LogP contribution in [-0.2, 0) is 21.3 Å². The Balaban J connectivity index is 2.76. The smallest absolute Gasteiger partial charge is 0.0292 e. The van der Waals surface area contributed by atoms with Gasteiger partial charge in [-0.05, 0) is 45.2 Å². The highest BCUT2D eigenvalue weighted by molar-refractivity contribution is 9.09. The first kappa shape index (κ1) is 15.0. The predicted molar refractivity (Wildman–Crippen MR) is 94.5 cm³/mol. The molecular weight excluding hydrogens is 488 g/mol. The van der Waals surface area contributed by atoms with E-state index in [4.69, 9.17) is 0 Å². The number of hydrogen-bond donors (Lipinski definition) is 0. The van der Waals surface area contributed by atoms with Gasteiger partial charge in [0.2, 0.25) is 0 Å². The minimum atomic E-state index is 0.890. The van der Waals surface area contributed by atoms with Crippen molar-refractivity contribution in [3.63, 3.8) is 0 Å². The minimum absolute atomic E-state index is 0.890. The first-order chi connectivity index (χ1) is 8.74. The van der Waals surface area contributed by atoms with Crippen LogP contribution in [0.25, 0.3) is 10.8 Å². The molecule has 18 heavy (non-hydrogen) atoms. The van der Waals surface area contributed by atoms with Gasteiger partial charge in [-0.1, -0.05) is 75.9 Å². The molecule has 0 radical (unpaired) electrons. The molecule has 0 amide bonds. The lowest BCUT2D eigenvalue weighted by Gasteiger charge is -2.13. The average molecular weight is 500 g/mol. The molecule has 0 aromatic heterocycles. The third-order valence-electron chi connectivity index (χ3n) is 3.11. The van der Waals surface area contributed by atoms with Crippen LogP contribution in [0.5, 0.6) is 0 Å². The Hall–Kier alpha value is 0.620. The number of halogens is 4. The van der Waals surface area contributed by atoms with Crippen LogP contribution >= 0.6 is 63.7 Å². The van der Waals surface area contributed by atoms with Crippen molar-refractivity contribution in [1.82, 2.24) is 0 Å². The fourth-order valence-corrected chi connectivity index (χ4v) is 4.33. The molecule has 0 saturated heterocycles. The van der Waals surface area contributed by atoms with E-state index in [1.54, 1.807) is 0 Å². The molecular formula is C14H12Br4. The summed E-state index contributed by atoms with van der Waals surface area (Å²) in [5.74, 6) is 0. The normalized spacial score (nSPS) is 11.1. The second kappa shape index (κ2) is 6.87. The van der Waals surface area contributed by atoms with Crippen molar-refractivity contribution in [2.45, 2.75) is 21.3 Å². The van der Waals surface area contributed by atoms with Gasteiger partial charge in [0.1, 0.15) is 0 Å². The number of hydrogen-bond acceptors (Lipinski definition) is 0. The lowest BCUT2D eigenvalue weighted by molar-refractivity contribution is 1.29. The maximum atomic E-state index is 3.61. The zero-order valence-electron chi connectivity index (χ0n) is 9.65. The molecule has 0 atom stereocenters. The quantitative estimate of drug-likeness (QED) is 0.426. The zero-order valence-corrected chi connectivity index (χ0v) is 16.0. The van der Waals surface area contributed by atoms with Gasteiger partial charge in [-0.25, -0.2) is 0 Å². The van der Waals surface area contributed by atoms with E-state index >= 15 is 0 Å². The molecule has 2 aromatic carbocycles. The van der Waals surface area contributed by atoms with E-state index in [1.807, 2.05) is 0 Å². The average Bonchev–Trinajstić information content (AvgIpc) is 2.44. The van der Waals surface area contributed by atoms with Gasteiger partial charge in [0.25, 0.3) is 0 Å². The van der Waals surface area contributed by atoms with Crippen molar-refractivity contribution in [2.75, 3.05) is 0 Å². The third kappa shape index (κ3) is 2.87. The largest absolute Gasteiger partial charge is 0.0876 e. The first-order valence-corrected chi connectivity index (χ1v) is 10.0. The van der Waals surface area contributed by atoms with Gasteiger partial charge in [-0.2, -0.15) is 0 Å². The molecule has 0 spiro atoms. The van der Waals surface area contributed by atoms with Gasteiger partial charge < -0.3 is 0 Å². The van der Waals surface area contributed by atoms with Crippen molar-refractivity contribution < 1.29 is 0 Å². The lowest BCUT2D eigenvalue weighted by atomic mass is 9.97. The summed E-state index contributed by atoms with van der Waals surface area (Å²) in [6.45, 7) is 0. The van der Waals surface area contributed by atoms with Crippen LogP contribution in [0.2, 0.25) is 0 Å². The maximum absolute atomic E-state index is 3.61. The number of alkyl halides is 4. The summed E-state index contributed by atoms with van der Waals surface area (Å²) in [5, 5.41) is 6.24. The van der Waals surface area contributed by atoms with Gasteiger partial charge >= 0.3 is 0 Å². The van der Waals surface area contributed by atoms with Gasteiger partial charge in [0.15, 0.2) is 0 Å². The van der Waals surface area contributed by atoms with Crippen LogP contribution in [0, 0.1) is 0 Å². The van der Waals surface area contributed by atoms with E-state index < -0.39 is 0 Å². The fraction of sp³-hybridized carbons (Fsp3) is 0.286. The maximum Gasteiger partial charge on any atom is 0.0292 e. The van der Waals surface area contributed by atoms with Crippen LogP contribution < -0.4 is 0 Å². The van der Waals surface area contributed by atoms with Crippen LogP contribution in [0.4, 0.5) is 0 Å². The standard InChI is InChI=1S/C14H12Br4/c15-5-10-2-1-9-3-11(6-16)12(7-17)4-13(9)14(10)8-18/h1-4H,5-8H2. The summed E-state index contributed by atoms with van der Waals surface area (Å²) >= 11 is 14.3. The van der Waals surface area contributed by atoms with E-state index in [0.717, 1.165) is 21.3 Å². The van der Waals surface area contributed by atoms with Crippen LogP contribution in [0.1, 0.15) is 22.3 Å². The molecule has 0 unspecified atom stereocenters. The van der Waals surface area contributed by atoms with E-state index in [9.17, 15) is 0 Å². The van der Waals surface area contributed by atoms with Crippen molar-refractivity contribution in [1.29, 1.82) is 0 Å².